The van der Waals surface area contributed by atoms with Crippen molar-refractivity contribution in [3.05, 3.63) is 11.6 Å². The van der Waals surface area contributed by atoms with Gasteiger partial charge in [0.05, 0.1) is 0 Å². The predicted octanol–water partition coefficient (Wildman–Crippen LogP) is 2.08. The normalized spacial score (nSPS) is 24.9. The van der Waals surface area contributed by atoms with Crippen LogP contribution < -0.4 is 10.6 Å². The molecule has 0 spiro atoms. The third-order valence-corrected chi connectivity index (χ3v) is 5.74. The summed E-state index contributed by atoms with van der Waals surface area (Å²) in [4.78, 5) is 19.7. The van der Waals surface area contributed by atoms with Gasteiger partial charge < -0.3 is 15.5 Å². The molecule has 2 N–H and O–H groups in total. The highest BCUT2D eigenvalue weighted by Crippen LogP contribution is 2.34. The number of nitrogens with one attached hydrogen (secondary N) is 2. The molecule has 120 valence electrons. The lowest BCUT2D eigenvalue weighted by atomic mass is 9.86. The molecule has 3 fully saturated rings. The molecule has 0 aromatic carbocycles. The number of anilines is 1. The van der Waals surface area contributed by atoms with Crippen LogP contribution in [0.2, 0.25) is 0 Å². The molecule has 22 heavy (non-hydrogen) atoms. The number of aromatic nitrogens is 1. The van der Waals surface area contributed by atoms with Crippen LogP contribution in [0.1, 0.15) is 38.5 Å². The Morgan fingerprint density at radius 1 is 1.32 bits per heavy atom. The molecule has 0 bridgehead atoms. The molecular formula is C16H24N4OS. The number of nitrogens with zero attached hydrogens (tertiary/aromatic N) is 2. The molecule has 1 aromatic rings. The lowest BCUT2D eigenvalue weighted by molar-refractivity contribution is -0.127. The first-order chi connectivity index (χ1) is 10.7. The molecule has 4 rings (SSSR count). The van der Waals surface area contributed by atoms with Crippen LogP contribution in [-0.2, 0) is 4.79 Å². The summed E-state index contributed by atoms with van der Waals surface area (Å²) in [5.74, 6) is 1.09. The standard InChI is InChI=1S/C16H24N4OS/c21-14(18-13-3-4-13)16(19-15-17-7-10-22-15)5-8-20(9-6-16)11-12-1-2-12/h7,10,12-13H,1-6,8-9,11H2,(H,17,19)(H,18,21). The minimum absolute atomic E-state index is 0.177. The molecule has 1 aromatic heterocycles. The van der Waals surface area contributed by atoms with Gasteiger partial charge in [0.15, 0.2) is 5.13 Å². The van der Waals surface area contributed by atoms with Gasteiger partial charge >= 0.3 is 0 Å². The van der Waals surface area contributed by atoms with Crippen LogP contribution in [0.3, 0.4) is 0 Å². The zero-order valence-corrected chi connectivity index (χ0v) is 13.7. The highest BCUT2D eigenvalue weighted by atomic mass is 32.1. The van der Waals surface area contributed by atoms with Crippen LogP contribution in [0.5, 0.6) is 0 Å². The summed E-state index contributed by atoms with van der Waals surface area (Å²) < 4.78 is 0. The van der Waals surface area contributed by atoms with Crippen molar-refractivity contribution in [1.29, 1.82) is 0 Å². The Morgan fingerprint density at radius 3 is 2.68 bits per heavy atom. The van der Waals surface area contributed by atoms with E-state index in [1.807, 2.05) is 5.38 Å². The van der Waals surface area contributed by atoms with E-state index in [2.05, 4.69) is 20.5 Å². The highest BCUT2D eigenvalue weighted by Gasteiger charge is 2.44. The second-order valence-electron chi connectivity index (χ2n) is 7.04. The molecule has 1 aliphatic heterocycles. The third kappa shape index (κ3) is 3.27. The maximum atomic E-state index is 12.8. The van der Waals surface area contributed by atoms with Gasteiger partial charge in [-0.15, -0.1) is 11.3 Å². The van der Waals surface area contributed by atoms with Crippen molar-refractivity contribution in [2.45, 2.75) is 50.1 Å². The van der Waals surface area contributed by atoms with Gasteiger partial charge in [0.2, 0.25) is 5.91 Å². The Morgan fingerprint density at radius 2 is 2.09 bits per heavy atom. The zero-order valence-electron chi connectivity index (χ0n) is 12.9. The van der Waals surface area contributed by atoms with E-state index < -0.39 is 5.54 Å². The van der Waals surface area contributed by atoms with Gasteiger partial charge in [-0.05, 0) is 44.4 Å². The van der Waals surface area contributed by atoms with Gasteiger partial charge in [0.25, 0.3) is 0 Å². The zero-order chi connectivity index (χ0) is 15.0. The summed E-state index contributed by atoms with van der Waals surface area (Å²) in [6.45, 7) is 3.23. The number of hydrogen-bond acceptors (Lipinski definition) is 5. The van der Waals surface area contributed by atoms with Gasteiger partial charge in [-0.1, -0.05) is 0 Å². The van der Waals surface area contributed by atoms with Crippen molar-refractivity contribution >= 4 is 22.4 Å². The van der Waals surface area contributed by atoms with Crippen molar-refractivity contribution in [2.75, 3.05) is 25.0 Å². The maximum Gasteiger partial charge on any atom is 0.246 e. The summed E-state index contributed by atoms with van der Waals surface area (Å²) >= 11 is 1.57. The van der Waals surface area contributed by atoms with Crippen LogP contribution in [0.4, 0.5) is 5.13 Å². The van der Waals surface area contributed by atoms with E-state index in [-0.39, 0.29) is 5.91 Å². The fourth-order valence-corrected chi connectivity index (χ4v) is 3.86. The summed E-state index contributed by atoms with van der Waals surface area (Å²) in [5, 5.41) is 9.49. The third-order valence-electron chi connectivity index (χ3n) is 5.05. The quantitative estimate of drug-likeness (QED) is 0.842. The van der Waals surface area contributed by atoms with Crippen LogP contribution >= 0.6 is 11.3 Å². The number of rotatable bonds is 6. The van der Waals surface area contributed by atoms with Gasteiger partial charge in [-0.2, -0.15) is 0 Å². The smallest absolute Gasteiger partial charge is 0.246 e. The van der Waals surface area contributed by atoms with Gasteiger partial charge in [-0.3, -0.25) is 4.79 Å². The molecule has 0 unspecified atom stereocenters. The number of carbonyl (C=O) groups excluding carboxylic acids is 1. The Hall–Kier alpha value is -1.14. The highest BCUT2D eigenvalue weighted by molar-refractivity contribution is 7.13. The average molecular weight is 320 g/mol. The number of piperidine rings is 1. The molecule has 2 aliphatic carbocycles. The Bertz CT molecular complexity index is 516. The SMILES string of the molecule is O=C(NC1CC1)C1(Nc2nccs2)CCN(CC2CC2)CC1. The second kappa shape index (κ2) is 5.81. The monoisotopic (exact) mass is 320 g/mol. The van der Waals surface area contributed by atoms with Crippen molar-refractivity contribution in [3.8, 4) is 0 Å². The number of carbonyl (C=O) groups is 1. The van der Waals surface area contributed by atoms with Crippen molar-refractivity contribution < 1.29 is 4.79 Å². The van der Waals surface area contributed by atoms with E-state index in [9.17, 15) is 4.79 Å². The van der Waals surface area contributed by atoms with E-state index in [1.165, 1.54) is 19.4 Å². The molecule has 0 atom stereocenters. The lowest BCUT2D eigenvalue weighted by Crippen LogP contribution is -2.58. The predicted molar refractivity (Wildman–Crippen MR) is 88.0 cm³/mol. The van der Waals surface area contributed by atoms with E-state index in [4.69, 9.17) is 0 Å². The number of hydrogen-bond donors (Lipinski definition) is 2. The first kappa shape index (κ1) is 14.5. The van der Waals surface area contributed by atoms with E-state index in [0.717, 1.165) is 49.8 Å². The summed E-state index contributed by atoms with van der Waals surface area (Å²) in [6.07, 6.45) is 8.58. The fourth-order valence-electron chi connectivity index (χ4n) is 3.23. The van der Waals surface area contributed by atoms with Gasteiger partial charge in [0.1, 0.15) is 5.54 Å². The molecule has 1 amide bonds. The fraction of sp³-hybridized carbons (Fsp3) is 0.750. The summed E-state index contributed by atoms with van der Waals surface area (Å²) in [5.41, 5.74) is -0.472. The average Bonchev–Trinajstić information content (AvgIpc) is 3.44. The maximum absolute atomic E-state index is 12.8. The molecule has 6 heteroatoms. The van der Waals surface area contributed by atoms with Crippen LogP contribution in [0, 0.1) is 5.92 Å². The number of thiazole rings is 1. The largest absolute Gasteiger partial charge is 0.351 e. The molecule has 1 saturated heterocycles. The molecular weight excluding hydrogens is 296 g/mol. The van der Waals surface area contributed by atoms with E-state index in [1.54, 1.807) is 17.5 Å². The van der Waals surface area contributed by atoms with Crippen LogP contribution in [0.15, 0.2) is 11.6 Å². The lowest BCUT2D eigenvalue weighted by Gasteiger charge is -2.41. The number of likely N-dealkylation sites (tertiary alicyclic amines) is 1. The van der Waals surface area contributed by atoms with E-state index >= 15 is 0 Å². The molecule has 3 aliphatic rings. The Kier molecular flexibility index (Phi) is 3.82. The van der Waals surface area contributed by atoms with Crippen molar-refractivity contribution in [2.24, 2.45) is 5.92 Å². The molecule has 0 radical (unpaired) electrons. The van der Waals surface area contributed by atoms with Crippen molar-refractivity contribution in [3.63, 3.8) is 0 Å². The first-order valence-corrected chi connectivity index (χ1v) is 9.32. The molecule has 5 nitrogen and oxygen atoms in total. The first-order valence-electron chi connectivity index (χ1n) is 8.44. The van der Waals surface area contributed by atoms with E-state index in [0.29, 0.717) is 6.04 Å². The van der Waals surface area contributed by atoms with Crippen LogP contribution in [-0.4, -0.2) is 47.0 Å². The minimum Gasteiger partial charge on any atom is -0.351 e. The van der Waals surface area contributed by atoms with Gasteiger partial charge in [-0.25, -0.2) is 4.98 Å². The van der Waals surface area contributed by atoms with Crippen LogP contribution in [0.25, 0.3) is 0 Å². The Labute approximate surface area is 135 Å². The molecule has 2 saturated carbocycles. The minimum atomic E-state index is -0.472. The Balaban J connectivity index is 1.44. The number of amides is 1. The second-order valence-corrected chi connectivity index (χ2v) is 7.93. The topological polar surface area (TPSA) is 57.3 Å². The summed E-state index contributed by atoms with van der Waals surface area (Å²) in [6, 6.07) is 0.409. The van der Waals surface area contributed by atoms with Crippen molar-refractivity contribution in [1.82, 2.24) is 15.2 Å². The van der Waals surface area contributed by atoms with Gasteiger partial charge in [0, 0.05) is 37.3 Å². The summed E-state index contributed by atoms with van der Waals surface area (Å²) in [7, 11) is 0. The molecule has 2 heterocycles.